The van der Waals surface area contributed by atoms with Crippen molar-refractivity contribution in [2.45, 2.75) is 52.9 Å². The molecule has 0 aromatic heterocycles. The van der Waals surface area contributed by atoms with Crippen LogP contribution in [0.4, 0.5) is 0 Å². The Morgan fingerprint density at radius 1 is 1.15 bits per heavy atom. The van der Waals surface area contributed by atoms with Crippen molar-refractivity contribution >= 4 is 11.6 Å². The normalized spacial score (nSPS) is 40.9. The van der Waals surface area contributed by atoms with E-state index >= 15 is 0 Å². The van der Waals surface area contributed by atoms with E-state index in [-0.39, 0.29) is 22.9 Å². The summed E-state index contributed by atoms with van der Waals surface area (Å²) in [7, 11) is 0. The Labute approximate surface area is 155 Å². The van der Waals surface area contributed by atoms with Crippen LogP contribution in [0.25, 0.3) is 0 Å². The molecule has 3 aliphatic rings. The summed E-state index contributed by atoms with van der Waals surface area (Å²) in [4.78, 5) is 25.4. The van der Waals surface area contributed by atoms with E-state index in [1.165, 1.54) is 0 Å². The molecule has 0 spiro atoms. The van der Waals surface area contributed by atoms with Crippen molar-refractivity contribution in [3.63, 3.8) is 0 Å². The van der Waals surface area contributed by atoms with Crippen molar-refractivity contribution in [3.05, 3.63) is 11.6 Å². The molecule has 4 nitrogen and oxygen atoms in total. The minimum atomic E-state index is -0.669. The molecule has 3 aliphatic carbocycles. The van der Waals surface area contributed by atoms with Gasteiger partial charge >= 0.3 is 0 Å². The number of nitriles is 2. The lowest BCUT2D eigenvalue weighted by molar-refractivity contribution is -0.146. The zero-order valence-corrected chi connectivity index (χ0v) is 15.6. The fraction of sp³-hybridized carbons (Fsp3) is 0.636. The van der Waals surface area contributed by atoms with Gasteiger partial charge in [-0.2, -0.15) is 10.5 Å². The second-order valence-electron chi connectivity index (χ2n) is 8.99. The molecule has 2 unspecified atom stereocenters. The standard InChI is InChI=1S/C22H24N2O2/c1-5-7-22-8-6-17-20(2,3)19(26)15(13-24)10-21(17,4)18(22)9-16(25)14(11-22)12-23/h1,9,14-15,17H,6-8,10-11H2,2-4H3/t14?,15?,17-,21-,22-/m0/s1. The Bertz CT molecular complexity index is 832. The summed E-state index contributed by atoms with van der Waals surface area (Å²) in [5.74, 6) is 1.34. The Kier molecular flexibility index (Phi) is 4.12. The molecular formula is C22H24N2O2. The predicted molar refractivity (Wildman–Crippen MR) is 96.0 cm³/mol. The van der Waals surface area contributed by atoms with Crippen LogP contribution in [-0.4, -0.2) is 11.6 Å². The van der Waals surface area contributed by atoms with Crippen molar-refractivity contribution in [1.29, 1.82) is 10.5 Å². The van der Waals surface area contributed by atoms with Gasteiger partial charge in [-0.3, -0.25) is 9.59 Å². The Morgan fingerprint density at radius 2 is 1.81 bits per heavy atom. The first-order valence-electron chi connectivity index (χ1n) is 9.20. The highest BCUT2D eigenvalue weighted by molar-refractivity contribution is 5.96. The smallest absolute Gasteiger partial charge is 0.172 e. The average Bonchev–Trinajstić information content (AvgIpc) is 2.59. The van der Waals surface area contributed by atoms with Crippen LogP contribution >= 0.6 is 0 Å². The van der Waals surface area contributed by atoms with Gasteiger partial charge in [0.2, 0.25) is 0 Å². The van der Waals surface area contributed by atoms with E-state index in [2.05, 4.69) is 25.0 Å². The molecule has 134 valence electrons. The van der Waals surface area contributed by atoms with E-state index in [1.54, 1.807) is 6.08 Å². The summed E-state index contributed by atoms with van der Waals surface area (Å²) in [5, 5.41) is 19.0. The van der Waals surface area contributed by atoms with Gasteiger partial charge < -0.3 is 0 Å². The van der Waals surface area contributed by atoms with Crippen molar-refractivity contribution in [2.75, 3.05) is 0 Å². The van der Waals surface area contributed by atoms with E-state index in [4.69, 9.17) is 6.42 Å². The molecular weight excluding hydrogens is 324 g/mol. The van der Waals surface area contributed by atoms with Crippen LogP contribution < -0.4 is 0 Å². The average molecular weight is 348 g/mol. The quantitative estimate of drug-likeness (QED) is 0.678. The van der Waals surface area contributed by atoms with Gasteiger partial charge in [0.1, 0.15) is 11.8 Å². The summed E-state index contributed by atoms with van der Waals surface area (Å²) in [6.07, 6.45) is 10.3. The maximum atomic E-state index is 12.8. The SMILES string of the molecule is C#CC[C@@]12CC[C@H]3C(C)(C)C(=O)C(C#N)C[C@]3(C)C1=CC(=O)C(C#N)C2. The van der Waals surface area contributed by atoms with E-state index in [1.807, 2.05) is 13.8 Å². The number of terminal acetylenes is 1. The molecule has 0 aromatic carbocycles. The summed E-state index contributed by atoms with van der Waals surface area (Å²) in [6, 6.07) is 4.31. The van der Waals surface area contributed by atoms with Crippen molar-refractivity contribution in [3.8, 4) is 24.5 Å². The summed E-state index contributed by atoms with van der Waals surface area (Å²) in [5.41, 5.74) is -0.434. The molecule has 0 heterocycles. The third kappa shape index (κ3) is 2.27. The lowest BCUT2D eigenvalue weighted by Gasteiger charge is -2.61. The summed E-state index contributed by atoms with van der Waals surface area (Å²) < 4.78 is 0. The Balaban J connectivity index is 2.20. The summed E-state index contributed by atoms with van der Waals surface area (Å²) >= 11 is 0. The van der Waals surface area contributed by atoms with Crippen LogP contribution in [0, 0.1) is 69.0 Å². The number of nitrogens with zero attached hydrogens (tertiary/aromatic N) is 2. The molecule has 0 saturated heterocycles. The molecule has 0 bridgehead atoms. The zero-order valence-electron chi connectivity index (χ0n) is 15.6. The largest absolute Gasteiger partial charge is 0.298 e. The molecule has 0 radical (unpaired) electrons. The van der Waals surface area contributed by atoms with Crippen molar-refractivity contribution in [2.24, 2.45) is 34.0 Å². The first-order chi connectivity index (χ1) is 12.2. The number of Topliss-reactive ketones (excluding diaryl/α,β-unsaturated/α-hetero) is 1. The molecule has 0 amide bonds. The van der Waals surface area contributed by atoms with Crippen molar-refractivity contribution in [1.82, 2.24) is 0 Å². The third-order valence-corrected chi connectivity index (χ3v) is 7.30. The number of allylic oxidation sites excluding steroid dienone is 2. The van der Waals surface area contributed by atoms with Crippen molar-refractivity contribution < 1.29 is 9.59 Å². The molecule has 2 fully saturated rings. The highest BCUT2D eigenvalue weighted by atomic mass is 16.1. The van der Waals surface area contributed by atoms with Gasteiger partial charge in [0.25, 0.3) is 0 Å². The van der Waals surface area contributed by atoms with Gasteiger partial charge in [0.05, 0.1) is 12.1 Å². The molecule has 4 heteroatoms. The number of fused-ring (bicyclic) bond motifs is 3. The van der Waals surface area contributed by atoms with Crippen LogP contribution in [0.2, 0.25) is 0 Å². The molecule has 0 N–H and O–H groups in total. The number of carbonyl (C=O) groups excluding carboxylic acids is 2. The number of hydrogen-bond acceptors (Lipinski definition) is 4. The molecule has 2 saturated carbocycles. The minimum absolute atomic E-state index is 0.00422. The number of hydrogen-bond donors (Lipinski definition) is 0. The van der Waals surface area contributed by atoms with Gasteiger partial charge in [0.15, 0.2) is 11.6 Å². The number of ketones is 2. The highest BCUT2D eigenvalue weighted by Crippen LogP contribution is 2.66. The van der Waals surface area contributed by atoms with Gasteiger partial charge in [-0.05, 0) is 43.1 Å². The van der Waals surface area contributed by atoms with Gasteiger partial charge in [0, 0.05) is 17.3 Å². The van der Waals surface area contributed by atoms with E-state index < -0.39 is 22.7 Å². The van der Waals surface area contributed by atoms with Gasteiger partial charge in [-0.25, -0.2) is 0 Å². The first kappa shape index (κ1) is 18.4. The van der Waals surface area contributed by atoms with Crippen LogP contribution in [0.5, 0.6) is 0 Å². The van der Waals surface area contributed by atoms with E-state index in [9.17, 15) is 20.1 Å². The summed E-state index contributed by atoms with van der Waals surface area (Å²) in [6.45, 7) is 5.95. The van der Waals surface area contributed by atoms with E-state index in [0.29, 0.717) is 19.3 Å². The van der Waals surface area contributed by atoms with Crippen LogP contribution in [0.3, 0.4) is 0 Å². The highest BCUT2D eigenvalue weighted by Gasteiger charge is 2.62. The second-order valence-corrected chi connectivity index (χ2v) is 8.99. The van der Waals surface area contributed by atoms with Crippen LogP contribution in [0.1, 0.15) is 52.9 Å². The third-order valence-electron chi connectivity index (χ3n) is 7.30. The maximum Gasteiger partial charge on any atom is 0.172 e. The lowest BCUT2D eigenvalue weighted by atomic mass is 9.41. The topological polar surface area (TPSA) is 81.7 Å². The molecule has 3 rings (SSSR count). The minimum Gasteiger partial charge on any atom is -0.298 e. The fourth-order valence-corrected chi connectivity index (χ4v) is 6.14. The number of rotatable bonds is 1. The number of carbonyl (C=O) groups is 2. The van der Waals surface area contributed by atoms with Gasteiger partial charge in [-0.1, -0.05) is 26.3 Å². The molecule has 0 aliphatic heterocycles. The first-order valence-corrected chi connectivity index (χ1v) is 9.20. The second kappa shape index (κ2) is 5.82. The predicted octanol–water partition coefficient (Wildman–Crippen LogP) is 3.59. The Hall–Kier alpha value is -2.38. The van der Waals surface area contributed by atoms with Crippen LogP contribution in [-0.2, 0) is 9.59 Å². The zero-order chi connectivity index (χ0) is 19.3. The Morgan fingerprint density at radius 3 is 2.38 bits per heavy atom. The molecule has 26 heavy (non-hydrogen) atoms. The van der Waals surface area contributed by atoms with E-state index in [0.717, 1.165) is 18.4 Å². The monoisotopic (exact) mass is 348 g/mol. The van der Waals surface area contributed by atoms with Crippen LogP contribution in [0.15, 0.2) is 11.6 Å². The maximum absolute atomic E-state index is 12.8. The van der Waals surface area contributed by atoms with Gasteiger partial charge in [-0.15, -0.1) is 12.3 Å². The lowest BCUT2D eigenvalue weighted by Crippen LogP contribution is -2.58. The molecule has 5 atom stereocenters. The molecule has 0 aromatic rings. The fourth-order valence-electron chi connectivity index (χ4n) is 6.14.